The van der Waals surface area contributed by atoms with Crippen LogP contribution < -0.4 is 4.72 Å². The van der Waals surface area contributed by atoms with E-state index in [1.54, 1.807) is 0 Å². The number of carbonyl (C=O) groups excluding carboxylic acids is 1. The lowest BCUT2D eigenvalue weighted by Gasteiger charge is -2.39. The van der Waals surface area contributed by atoms with Gasteiger partial charge in [-0.15, -0.1) is 0 Å². The van der Waals surface area contributed by atoms with E-state index in [9.17, 15) is 18.3 Å². The molecule has 0 aromatic heterocycles. The lowest BCUT2D eigenvalue weighted by Crippen LogP contribution is -2.56. The van der Waals surface area contributed by atoms with Gasteiger partial charge in [0, 0.05) is 0 Å². The van der Waals surface area contributed by atoms with Gasteiger partial charge in [0.2, 0.25) is 10.0 Å². The quantitative estimate of drug-likeness (QED) is 0.716. The van der Waals surface area contributed by atoms with E-state index in [0.29, 0.717) is 18.8 Å². The van der Waals surface area contributed by atoms with Crippen LogP contribution in [0.1, 0.15) is 39.5 Å². The number of aliphatic hydroxyl groups excluding tert-OH is 1. The van der Waals surface area contributed by atoms with Crippen molar-refractivity contribution in [1.82, 2.24) is 4.72 Å². The molecule has 0 saturated heterocycles. The number of ether oxygens (including phenoxy) is 1. The largest absolute Gasteiger partial charge is 0.468 e. The van der Waals surface area contributed by atoms with Gasteiger partial charge in [0.05, 0.1) is 19.3 Å². The summed E-state index contributed by atoms with van der Waals surface area (Å²) in [6, 6.07) is 0. The fraction of sp³-hybridized carbons (Fsp3) is 0.917. The molecular formula is C12H23NO5S. The maximum Gasteiger partial charge on any atom is 0.325 e. The van der Waals surface area contributed by atoms with Crippen LogP contribution in [0.15, 0.2) is 0 Å². The number of hydrogen-bond donors (Lipinski definition) is 2. The third-order valence-electron chi connectivity index (χ3n) is 3.75. The van der Waals surface area contributed by atoms with Crippen LogP contribution in [0.2, 0.25) is 0 Å². The van der Waals surface area contributed by atoms with Crippen LogP contribution in [-0.2, 0) is 19.6 Å². The maximum atomic E-state index is 12.1. The van der Waals surface area contributed by atoms with E-state index < -0.39 is 26.8 Å². The molecule has 1 rings (SSSR count). The van der Waals surface area contributed by atoms with Crippen LogP contribution in [-0.4, -0.2) is 44.0 Å². The lowest BCUT2D eigenvalue weighted by atomic mass is 9.78. The molecule has 1 aliphatic carbocycles. The Morgan fingerprint density at radius 2 is 2.21 bits per heavy atom. The van der Waals surface area contributed by atoms with Crippen molar-refractivity contribution in [3.63, 3.8) is 0 Å². The van der Waals surface area contributed by atoms with Crippen molar-refractivity contribution in [3.05, 3.63) is 0 Å². The zero-order valence-corrected chi connectivity index (χ0v) is 12.5. The summed E-state index contributed by atoms with van der Waals surface area (Å²) in [4.78, 5) is 11.4. The highest BCUT2D eigenvalue weighted by Gasteiger charge is 2.41. The standard InChI is InChI=1S/C12H23NO5S/c1-9-5-4-6-12(7-9,8-14)13-19(16,17)10(2)11(15)18-3/h9-10,13-14H,4-8H2,1-3H3. The van der Waals surface area contributed by atoms with Crippen molar-refractivity contribution in [2.24, 2.45) is 5.92 Å². The first-order valence-electron chi connectivity index (χ1n) is 6.48. The first-order chi connectivity index (χ1) is 8.76. The SMILES string of the molecule is COC(=O)C(C)S(=O)(=O)NC1(CO)CCCC(C)C1. The first-order valence-corrected chi connectivity index (χ1v) is 8.02. The molecule has 0 aromatic carbocycles. The molecule has 1 saturated carbocycles. The van der Waals surface area contributed by atoms with E-state index in [1.165, 1.54) is 6.92 Å². The topological polar surface area (TPSA) is 92.7 Å². The zero-order valence-electron chi connectivity index (χ0n) is 11.7. The van der Waals surface area contributed by atoms with Gasteiger partial charge in [-0.25, -0.2) is 13.1 Å². The minimum absolute atomic E-state index is 0.259. The van der Waals surface area contributed by atoms with E-state index in [1.807, 2.05) is 6.92 Å². The highest BCUT2D eigenvalue weighted by molar-refractivity contribution is 7.90. The Kier molecular flexibility index (Phi) is 5.34. The first kappa shape index (κ1) is 16.4. The second-order valence-electron chi connectivity index (χ2n) is 5.45. The highest BCUT2D eigenvalue weighted by Crippen LogP contribution is 2.32. The number of hydrogen-bond acceptors (Lipinski definition) is 5. The summed E-state index contributed by atoms with van der Waals surface area (Å²) in [6.45, 7) is 3.05. The zero-order chi connectivity index (χ0) is 14.7. The number of esters is 1. The second-order valence-corrected chi connectivity index (χ2v) is 7.45. The Labute approximate surface area is 114 Å². The van der Waals surface area contributed by atoms with Gasteiger partial charge in [-0.3, -0.25) is 4.79 Å². The van der Waals surface area contributed by atoms with E-state index in [0.717, 1.165) is 20.0 Å². The number of rotatable bonds is 5. The molecule has 1 aliphatic rings. The normalized spacial score (nSPS) is 29.8. The van der Waals surface area contributed by atoms with Crippen LogP contribution in [0.4, 0.5) is 0 Å². The Hall–Kier alpha value is -0.660. The molecular weight excluding hydrogens is 270 g/mol. The number of sulfonamides is 1. The van der Waals surface area contributed by atoms with Crippen LogP contribution in [0, 0.1) is 5.92 Å². The number of methoxy groups -OCH3 is 1. The van der Waals surface area contributed by atoms with Crippen molar-refractivity contribution < 1.29 is 23.1 Å². The van der Waals surface area contributed by atoms with Gasteiger partial charge in [0.1, 0.15) is 0 Å². The van der Waals surface area contributed by atoms with Gasteiger partial charge in [0.15, 0.2) is 5.25 Å². The van der Waals surface area contributed by atoms with Gasteiger partial charge in [-0.05, 0) is 25.7 Å². The van der Waals surface area contributed by atoms with E-state index in [2.05, 4.69) is 9.46 Å². The van der Waals surface area contributed by atoms with Gasteiger partial charge in [-0.1, -0.05) is 19.8 Å². The second kappa shape index (κ2) is 6.19. The fourth-order valence-corrected chi connectivity index (χ4v) is 3.99. The summed E-state index contributed by atoms with van der Waals surface area (Å²) in [5.74, 6) is -0.457. The molecule has 0 spiro atoms. The number of aliphatic hydroxyl groups is 1. The molecule has 7 heteroatoms. The van der Waals surface area contributed by atoms with Crippen molar-refractivity contribution in [3.8, 4) is 0 Å². The van der Waals surface area contributed by atoms with Crippen LogP contribution >= 0.6 is 0 Å². The Balaban J connectivity index is 2.88. The molecule has 0 bridgehead atoms. The van der Waals surface area contributed by atoms with Crippen LogP contribution in [0.5, 0.6) is 0 Å². The van der Waals surface area contributed by atoms with E-state index in [-0.39, 0.29) is 6.61 Å². The Morgan fingerprint density at radius 3 is 2.68 bits per heavy atom. The molecule has 3 unspecified atom stereocenters. The predicted molar refractivity (Wildman–Crippen MR) is 71.0 cm³/mol. The number of carbonyl (C=O) groups is 1. The van der Waals surface area contributed by atoms with Crippen molar-refractivity contribution in [1.29, 1.82) is 0 Å². The summed E-state index contributed by atoms with van der Waals surface area (Å²) < 4.78 is 31.3. The molecule has 19 heavy (non-hydrogen) atoms. The van der Waals surface area contributed by atoms with E-state index in [4.69, 9.17) is 0 Å². The molecule has 3 atom stereocenters. The maximum absolute atomic E-state index is 12.1. The molecule has 2 N–H and O–H groups in total. The molecule has 112 valence electrons. The van der Waals surface area contributed by atoms with Crippen LogP contribution in [0.3, 0.4) is 0 Å². The molecule has 0 heterocycles. The Bertz CT molecular complexity index is 422. The molecule has 6 nitrogen and oxygen atoms in total. The van der Waals surface area contributed by atoms with Gasteiger partial charge in [0.25, 0.3) is 0 Å². The Morgan fingerprint density at radius 1 is 1.58 bits per heavy atom. The average molecular weight is 293 g/mol. The predicted octanol–water partition coefficient (Wildman–Crippen LogP) is 0.408. The highest BCUT2D eigenvalue weighted by atomic mass is 32.2. The van der Waals surface area contributed by atoms with Crippen molar-refractivity contribution in [2.45, 2.75) is 50.3 Å². The molecule has 0 amide bonds. The van der Waals surface area contributed by atoms with Crippen molar-refractivity contribution in [2.75, 3.05) is 13.7 Å². The van der Waals surface area contributed by atoms with Crippen LogP contribution in [0.25, 0.3) is 0 Å². The minimum atomic E-state index is -3.85. The smallest absolute Gasteiger partial charge is 0.325 e. The minimum Gasteiger partial charge on any atom is -0.468 e. The molecule has 0 radical (unpaired) electrons. The fourth-order valence-electron chi connectivity index (χ4n) is 2.61. The van der Waals surface area contributed by atoms with Crippen molar-refractivity contribution >= 4 is 16.0 Å². The monoisotopic (exact) mass is 293 g/mol. The van der Waals surface area contributed by atoms with E-state index >= 15 is 0 Å². The van der Waals surface area contributed by atoms with Gasteiger partial charge < -0.3 is 9.84 Å². The lowest BCUT2D eigenvalue weighted by molar-refractivity contribution is -0.139. The molecule has 0 aromatic rings. The third-order valence-corrected chi connectivity index (χ3v) is 5.59. The summed E-state index contributed by atoms with van der Waals surface area (Å²) in [6.07, 6.45) is 3.05. The summed E-state index contributed by atoms with van der Waals surface area (Å²) in [5, 5.41) is 8.28. The summed E-state index contributed by atoms with van der Waals surface area (Å²) in [5.41, 5.74) is -0.848. The van der Waals surface area contributed by atoms with Gasteiger partial charge >= 0.3 is 5.97 Å². The number of nitrogens with one attached hydrogen (secondary N) is 1. The summed E-state index contributed by atoms with van der Waals surface area (Å²) in [7, 11) is -2.70. The molecule has 0 aliphatic heterocycles. The summed E-state index contributed by atoms with van der Waals surface area (Å²) >= 11 is 0. The molecule has 1 fully saturated rings. The van der Waals surface area contributed by atoms with Gasteiger partial charge in [-0.2, -0.15) is 0 Å². The average Bonchev–Trinajstić information content (AvgIpc) is 2.36. The third kappa shape index (κ3) is 3.90.